The molecular formula is C23H28N2O3. The van der Waals surface area contributed by atoms with Crippen molar-refractivity contribution >= 4 is 5.91 Å². The number of hydrogen-bond donors (Lipinski definition) is 1. The van der Waals surface area contributed by atoms with E-state index in [9.17, 15) is 4.79 Å². The van der Waals surface area contributed by atoms with Crippen molar-refractivity contribution in [2.45, 2.75) is 18.8 Å². The quantitative estimate of drug-likeness (QED) is 0.835. The zero-order valence-electron chi connectivity index (χ0n) is 16.4. The van der Waals surface area contributed by atoms with Crippen molar-refractivity contribution in [2.75, 3.05) is 39.9 Å². The molecule has 148 valence electrons. The molecule has 2 aromatic rings. The Kier molecular flexibility index (Phi) is 5.93. The van der Waals surface area contributed by atoms with Crippen molar-refractivity contribution in [1.82, 2.24) is 10.2 Å². The molecule has 2 aliphatic rings. The Morgan fingerprint density at radius 3 is 2.29 bits per heavy atom. The van der Waals surface area contributed by atoms with Gasteiger partial charge in [0.25, 0.3) is 0 Å². The van der Waals surface area contributed by atoms with Crippen molar-refractivity contribution in [3.05, 3.63) is 59.7 Å². The van der Waals surface area contributed by atoms with Gasteiger partial charge >= 0.3 is 0 Å². The van der Waals surface area contributed by atoms with Crippen molar-refractivity contribution in [2.24, 2.45) is 5.92 Å². The molecule has 28 heavy (non-hydrogen) atoms. The highest BCUT2D eigenvalue weighted by atomic mass is 16.5. The Morgan fingerprint density at radius 1 is 1.07 bits per heavy atom. The van der Waals surface area contributed by atoms with Gasteiger partial charge in [0.1, 0.15) is 11.5 Å². The van der Waals surface area contributed by atoms with Crippen LogP contribution in [0.1, 0.15) is 29.9 Å². The molecule has 0 saturated carbocycles. The lowest BCUT2D eigenvalue weighted by Crippen LogP contribution is -2.41. The predicted octanol–water partition coefficient (Wildman–Crippen LogP) is 3.40. The second-order valence-corrected chi connectivity index (χ2v) is 7.63. The minimum atomic E-state index is -0.317. The van der Waals surface area contributed by atoms with Crippen LogP contribution in [-0.2, 0) is 9.53 Å². The first-order chi connectivity index (χ1) is 13.8. The molecule has 2 heterocycles. The molecule has 4 rings (SSSR count). The Hall–Kier alpha value is -2.37. The molecule has 1 fully saturated rings. The third-order valence-corrected chi connectivity index (χ3v) is 5.83. The summed E-state index contributed by atoms with van der Waals surface area (Å²) < 4.78 is 11.2. The number of likely N-dealkylation sites (tertiary alicyclic amines) is 1. The Labute approximate surface area is 166 Å². The number of benzene rings is 2. The number of methoxy groups -OCH3 is 1. The summed E-state index contributed by atoms with van der Waals surface area (Å²) in [6.45, 7) is 4.66. The highest BCUT2D eigenvalue weighted by molar-refractivity contribution is 5.89. The number of fused-ring (bicyclic) bond motifs is 2. The summed E-state index contributed by atoms with van der Waals surface area (Å²) in [5, 5.41) is 3.22. The SMILES string of the molecule is COCCN1CCC(CNC(=O)C2c3ccccc3Oc3ccccc32)CC1. The molecule has 2 aromatic carbocycles. The van der Waals surface area contributed by atoms with Crippen molar-refractivity contribution in [3.63, 3.8) is 0 Å². The topological polar surface area (TPSA) is 50.8 Å². The summed E-state index contributed by atoms with van der Waals surface area (Å²) >= 11 is 0. The molecule has 0 aliphatic carbocycles. The normalized spacial score (nSPS) is 17.5. The van der Waals surface area contributed by atoms with Gasteiger partial charge in [-0.05, 0) is 44.0 Å². The third kappa shape index (κ3) is 4.05. The maximum Gasteiger partial charge on any atom is 0.232 e. The van der Waals surface area contributed by atoms with Crippen LogP contribution in [0.2, 0.25) is 0 Å². The summed E-state index contributed by atoms with van der Waals surface area (Å²) in [6, 6.07) is 15.7. The highest BCUT2D eigenvalue weighted by Crippen LogP contribution is 2.43. The van der Waals surface area contributed by atoms with E-state index >= 15 is 0 Å². The van der Waals surface area contributed by atoms with Crippen LogP contribution in [0.25, 0.3) is 0 Å². The van der Waals surface area contributed by atoms with Gasteiger partial charge in [-0.25, -0.2) is 0 Å². The molecule has 1 saturated heterocycles. The van der Waals surface area contributed by atoms with Gasteiger partial charge in [-0.15, -0.1) is 0 Å². The van der Waals surface area contributed by atoms with Gasteiger partial charge in [0.05, 0.1) is 12.5 Å². The molecular weight excluding hydrogens is 352 g/mol. The zero-order valence-corrected chi connectivity index (χ0v) is 16.4. The molecule has 0 radical (unpaired) electrons. The number of amides is 1. The number of carbonyl (C=O) groups excluding carboxylic acids is 1. The number of rotatable bonds is 6. The minimum Gasteiger partial charge on any atom is -0.457 e. The second-order valence-electron chi connectivity index (χ2n) is 7.63. The molecule has 0 spiro atoms. The minimum absolute atomic E-state index is 0.0602. The van der Waals surface area contributed by atoms with Gasteiger partial charge in [-0.3, -0.25) is 4.79 Å². The maximum absolute atomic E-state index is 13.2. The number of hydrogen-bond acceptors (Lipinski definition) is 4. The fourth-order valence-electron chi connectivity index (χ4n) is 4.17. The number of ether oxygens (including phenoxy) is 2. The number of piperidine rings is 1. The molecule has 0 aromatic heterocycles. The largest absolute Gasteiger partial charge is 0.457 e. The average Bonchev–Trinajstić information content (AvgIpc) is 2.75. The maximum atomic E-state index is 13.2. The first-order valence-electron chi connectivity index (χ1n) is 10.1. The van der Waals surface area contributed by atoms with Crippen LogP contribution >= 0.6 is 0 Å². The lowest BCUT2D eigenvalue weighted by Gasteiger charge is -2.32. The van der Waals surface area contributed by atoms with Gasteiger partial charge in [-0.2, -0.15) is 0 Å². The number of nitrogens with one attached hydrogen (secondary N) is 1. The second kappa shape index (κ2) is 8.76. The fraction of sp³-hybridized carbons (Fsp3) is 0.435. The van der Waals surface area contributed by atoms with E-state index in [-0.39, 0.29) is 11.8 Å². The van der Waals surface area contributed by atoms with Gasteiger partial charge < -0.3 is 19.7 Å². The first-order valence-corrected chi connectivity index (χ1v) is 10.1. The first kappa shape index (κ1) is 19.0. The lowest BCUT2D eigenvalue weighted by atomic mass is 9.87. The summed E-state index contributed by atoms with van der Waals surface area (Å²) in [4.78, 5) is 15.6. The van der Waals surface area contributed by atoms with E-state index in [1.54, 1.807) is 7.11 Å². The van der Waals surface area contributed by atoms with E-state index in [1.807, 2.05) is 48.5 Å². The standard InChI is InChI=1S/C23H28N2O3/c1-27-15-14-25-12-10-17(11-13-25)16-24-23(26)22-18-6-2-4-8-20(18)28-21-9-5-3-7-19(21)22/h2-9,17,22H,10-16H2,1H3,(H,24,26). The van der Waals surface area contributed by atoms with Crippen molar-refractivity contribution in [1.29, 1.82) is 0 Å². The molecule has 1 amide bonds. The Morgan fingerprint density at radius 2 is 1.68 bits per heavy atom. The van der Waals surface area contributed by atoms with E-state index in [4.69, 9.17) is 9.47 Å². The molecule has 5 nitrogen and oxygen atoms in total. The lowest BCUT2D eigenvalue weighted by molar-refractivity contribution is -0.122. The van der Waals surface area contributed by atoms with Gasteiger partial charge in [0.15, 0.2) is 0 Å². The predicted molar refractivity (Wildman–Crippen MR) is 109 cm³/mol. The molecule has 2 aliphatic heterocycles. The van der Waals surface area contributed by atoms with Crippen molar-refractivity contribution < 1.29 is 14.3 Å². The van der Waals surface area contributed by atoms with Crippen LogP contribution in [0.5, 0.6) is 11.5 Å². The van der Waals surface area contributed by atoms with E-state index in [2.05, 4.69) is 10.2 Å². The van der Waals surface area contributed by atoms with Crippen LogP contribution in [0.4, 0.5) is 0 Å². The summed E-state index contributed by atoms with van der Waals surface area (Å²) in [6.07, 6.45) is 2.23. The van der Waals surface area contributed by atoms with E-state index < -0.39 is 0 Å². The van der Waals surface area contributed by atoms with Crippen LogP contribution in [0, 0.1) is 5.92 Å². The highest BCUT2D eigenvalue weighted by Gasteiger charge is 2.32. The summed E-state index contributed by atoms with van der Waals surface area (Å²) in [7, 11) is 1.74. The fourth-order valence-corrected chi connectivity index (χ4v) is 4.17. The van der Waals surface area contributed by atoms with E-state index in [1.165, 1.54) is 0 Å². The molecule has 0 bridgehead atoms. The Bertz CT molecular complexity index is 769. The van der Waals surface area contributed by atoms with E-state index in [0.29, 0.717) is 5.92 Å². The molecule has 0 unspecified atom stereocenters. The molecule has 0 atom stereocenters. The Balaban J connectivity index is 1.40. The number of carbonyl (C=O) groups is 1. The van der Waals surface area contributed by atoms with Gasteiger partial charge in [0, 0.05) is 31.3 Å². The van der Waals surface area contributed by atoms with Gasteiger partial charge in [-0.1, -0.05) is 36.4 Å². The average molecular weight is 380 g/mol. The zero-order chi connectivity index (χ0) is 19.3. The van der Waals surface area contributed by atoms with Crippen LogP contribution in [0.15, 0.2) is 48.5 Å². The van der Waals surface area contributed by atoms with Crippen molar-refractivity contribution in [3.8, 4) is 11.5 Å². The number of nitrogens with zero attached hydrogens (tertiary/aromatic N) is 1. The van der Waals surface area contributed by atoms with Crippen LogP contribution < -0.4 is 10.1 Å². The van der Waals surface area contributed by atoms with Gasteiger partial charge in [0.2, 0.25) is 5.91 Å². The number of para-hydroxylation sites is 2. The van der Waals surface area contributed by atoms with Crippen LogP contribution in [0.3, 0.4) is 0 Å². The smallest absolute Gasteiger partial charge is 0.232 e. The van der Waals surface area contributed by atoms with Crippen LogP contribution in [-0.4, -0.2) is 50.7 Å². The summed E-state index contributed by atoms with van der Waals surface area (Å²) in [5.41, 5.74) is 1.88. The molecule has 5 heteroatoms. The molecule has 1 N–H and O–H groups in total. The third-order valence-electron chi connectivity index (χ3n) is 5.83. The summed E-state index contributed by atoms with van der Waals surface area (Å²) in [5.74, 6) is 1.82. The monoisotopic (exact) mass is 380 g/mol. The van der Waals surface area contributed by atoms with E-state index in [0.717, 1.165) is 68.3 Å².